The molecule has 2 rings (SSSR count). The number of nitrogens with one attached hydrogen (secondary N) is 1. The van der Waals surface area contributed by atoms with E-state index < -0.39 is 22.0 Å². The molecule has 0 bridgehead atoms. The molecule has 2 aromatic rings. The Hall–Kier alpha value is -2.88. The van der Waals surface area contributed by atoms with Crippen LogP contribution in [0.5, 0.6) is 11.5 Å². The van der Waals surface area contributed by atoms with E-state index in [1.807, 2.05) is 0 Å². The summed E-state index contributed by atoms with van der Waals surface area (Å²) < 4.78 is 38.3. The van der Waals surface area contributed by atoms with Crippen molar-refractivity contribution in [2.75, 3.05) is 13.7 Å². The van der Waals surface area contributed by atoms with Gasteiger partial charge in [-0.2, -0.15) is 4.31 Å². The Labute approximate surface area is 176 Å². The van der Waals surface area contributed by atoms with Crippen LogP contribution in [-0.4, -0.2) is 43.6 Å². The van der Waals surface area contributed by atoms with Gasteiger partial charge in [-0.25, -0.2) is 13.9 Å². The zero-order valence-corrected chi connectivity index (χ0v) is 17.8. The molecule has 162 valence electrons. The van der Waals surface area contributed by atoms with Gasteiger partial charge in [-0.3, -0.25) is 10.0 Å². The summed E-state index contributed by atoms with van der Waals surface area (Å²) in [6, 6.07) is 11.7. The Balaban J connectivity index is 2.35. The van der Waals surface area contributed by atoms with Gasteiger partial charge in [0, 0.05) is 6.54 Å². The van der Waals surface area contributed by atoms with Crippen LogP contribution in [-0.2, 0) is 21.4 Å². The first-order valence-electron chi connectivity index (χ1n) is 9.26. The molecule has 2 N–H and O–H groups in total. The molecule has 1 unspecified atom stereocenters. The van der Waals surface area contributed by atoms with Crippen molar-refractivity contribution in [1.82, 2.24) is 9.79 Å². The molecule has 0 saturated heterocycles. The number of hydroxylamine groups is 1. The maximum absolute atomic E-state index is 13.3. The average molecular weight is 435 g/mol. The zero-order valence-electron chi connectivity index (χ0n) is 16.9. The van der Waals surface area contributed by atoms with Crippen LogP contribution >= 0.6 is 0 Å². The summed E-state index contributed by atoms with van der Waals surface area (Å²) >= 11 is 0. The fraction of sp³-hybridized carbons (Fsp3) is 0.286. The van der Waals surface area contributed by atoms with Crippen LogP contribution in [0.1, 0.15) is 18.9 Å². The lowest BCUT2D eigenvalue weighted by Gasteiger charge is -2.27. The summed E-state index contributed by atoms with van der Waals surface area (Å²) in [4.78, 5) is 12.0. The quantitative estimate of drug-likeness (QED) is 0.244. The van der Waals surface area contributed by atoms with Crippen LogP contribution in [0, 0.1) is 0 Å². The highest BCUT2D eigenvalue weighted by atomic mass is 32.2. The lowest BCUT2D eigenvalue weighted by Crippen LogP contribution is -2.46. The van der Waals surface area contributed by atoms with Crippen LogP contribution in [0.4, 0.5) is 0 Å². The highest BCUT2D eigenvalue weighted by Gasteiger charge is 2.33. The summed E-state index contributed by atoms with van der Waals surface area (Å²) in [5, 5.41) is 9.01. The molecule has 0 spiro atoms. The fourth-order valence-corrected chi connectivity index (χ4v) is 4.29. The summed E-state index contributed by atoms with van der Waals surface area (Å²) in [6.45, 7) is 5.36. The lowest BCUT2D eigenvalue weighted by molar-refractivity contribution is -0.132. The van der Waals surface area contributed by atoms with Gasteiger partial charge in [-0.15, -0.1) is 6.58 Å². The van der Waals surface area contributed by atoms with Crippen molar-refractivity contribution in [3.63, 3.8) is 0 Å². The van der Waals surface area contributed by atoms with Crippen molar-refractivity contribution in [2.45, 2.75) is 30.8 Å². The Morgan fingerprint density at radius 2 is 1.93 bits per heavy atom. The van der Waals surface area contributed by atoms with Gasteiger partial charge in [0.1, 0.15) is 17.5 Å². The summed E-state index contributed by atoms with van der Waals surface area (Å²) in [7, 11) is -2.56. The first kappa shape index (κ1) is 23.4. The number of amides is 1. The molecule has 0 fully saturated rings. The molecule has 1 atom stereocenters. The third-order valence-electron chi connectivity index (χ3n) is 4.42. The molecular formula is C21H26N2O6S. The van der Waals surface area contributed by atoms with Crippen LogP contribution in [0.3, 0.4) is 0 Å². The van der Waals surface area contributed by atoms with E-state index in [9.17, 15) is 13.2 Å². The average Bonchev–Trinajstić information content (AvgIpc) is 2.77. The van der Waals surface area contributed by atoms with Crippen molar-refractivity contribution in [2.24, 2.45) is 0 Å². The van der Waals surface area contributed by atoms with Crippen molar-refractivity contribution in [3.8, 4) is 11.5 Å². The molecule has 1 amide bonds. The fourth-order valence-electron chi connectivity index (χ4n) is 2.71. The number of carbonyl (C=O) groups is 1. The maximum atomic E-state index is 13.3. The van der Waals surface area contributed by atoms with E-state index in [0.717, 1.165) is 4.31 Å². The molecule has 0 heterocycles. The molecule has 0 radical (unpaired) electrons. The smallest absolute Gasteiger partial charge is 0.261 e. The lowest BCUT2D eigenvalue weighted by atomic mass is 10.2. The largest absolute Gasteiger partial charge is 0.497 e. The minimum absolute atomic E-state index is 0.000874. The second kappa shape index (κ2) is 10.8. The molecule has 2 aromatic carbocycles. The van der Waals surface area contributed by atoms with E-state index >= 15 is 0 Å². The summed E-state index contributed by atoms with van der Waals surface area (Å²) in [5.74, 6) is 0.243. The molecule has 0 aliphatic rings. The standard InChI is InChI=1S/C21H26N2O6S/c1-4-5-13-29-18-9-11-20(12-10-18)30(26,27)23(16(2)21(24)22-25)15-17-7-6-8-19(14-17)28-3/h4,6-12,14,16,25H,1,5,13,15H2,2-3H3,(H,22,24). The maximum Gasteiger partial charge on any atom is 0.261 e. The first-order valence-corrected chi connectivity index (χ1v) is 10.7. The number of carbonyl (C=O) groups excluding carboxylic acids is 1. The predicted octanol–water partition coefficient (Wildman–Crippen LogP) is 2.73. The Morgan fingerprint density at radius 1 is 1.23 bits per heavy atom. The molecule has 30 heavy (non-hydrogen) atoms. The molecular weight excluding hydrogens is 408 g/mol. The third kappa shape index (κ3) is 5.82. The molecule has 0 aliphatic carbocycles. The van der Waals surface area contributed by atoms with Gasteiger partial charge in [0.15, 0.2) is 0 Å². The second-order valence-electron chi connectivity index (χ2n) is 6.45. The van der Waals surface area contributed by atoms with E-state index in [4.69, 9.17) is 14.7 Å². The number of sulfonamides is 1. The number of rotatable bonds is 11. The van der Waals surface area contributed by atoms with Gasteiger partial charge < -0.3 is 9.47 Å². The number of methoxy groups -OCH3 is 1. The van der Waals surface area contributed by atoms with Gasteiger partial charge in [-0.05, 0) is 55.3 Å². The summed E-state index contributed by atoms with van der Waals surface area (Å²) in [6.07, 6.45) is 2.39. The molecule has 8 nitrogen and oxygen atoms in total. The number of nitrogens with zero attached hydrogens (tertiary/aromatic N) is 1. The molecule has 0 aliphatic heterocycles. The normalized spacial score (nSPS) is 12.3. The van der Waals surface area contributed by atoms with Crippen molar-refractivity contribution in [1.29, 1.82) is 0 Å². The molecule has 9 heteroatoms. The first-order chi connectivity index (χ1) is 14.3. The highest BCUT2D eigenvalue weighted by molar-refractivity contribution is 7.89. The Morgan fingerprint density at radius 3 is 2.53 bits per heavy atom. The topological polar surface area (TPSA) is 105 Å². The van der Waals surface area contributed by atoms with E-state index in [-0.39, 0.29) is 11.4 Å². The van der Waals surface area contributed by atoms with Crippen LogP contribution < -0.4 is 15.0 Å². The Bertz CT molecular complexity index is 960. The van der Waals surface area contributed by atoms with Crippen molar-refractivity contribution >= 4 is 15.9 Å². The van der Waals surface area contributed by atoms with E-state index in [2.05, 4.69) is 6.58 Å². The van der Waals surface area contributed by atoms with Crippen LogP contribution in [0.25, 0.3) is 0 Å². The van der Waals surface area contributed by atoms with Gasteiger partial charge >= 0.3 is 0 Å². The highest BCUT2D eigenvalue weighted by Crippen LogP contribution is 2.25. The van der Waals surface area contributed by atoms with Gasteiger partial charge in [0.2, 0.25) is 10.0 Å². The summed E-state index contributed by atoms with van der Waals surface area (Å²) in [5.41, 5.74) is 2.14. The van der Waals surface area contributed by atoms with Gasteiger partial charge in [0.05, 0.1) is 18.6 Å². The van der Waals surface area contributed by atoms with Crippen molar-refractivity contribution in [3.05, 3.63) is 66.7 Å². The Kier molecular flexibility index (Phi) is 8.40. The number of ether oxygens (including phenoxy) is 2. The number of hydrogen-bond donors (Lipinski definition) is 2. The van der Waals surface area contributed by atoms with E-state index in [1.54, 1.807) is 42.5 Å². The van der Waals surface area contributed by atoms with Crippen molar-refractivity contribution < 1.29 is 27.9 Å². The number of hydrogen-bond acceptors (Lipinski definition) is 6. The zero-order chi connectivity index (χ0) is 22.1. The monoisotopic (exact) mass is 434 g/mol. The minimum atomic E-state index is -4.07. The van der Waals surface area contributed by atoms with Gasteiger partial charge in [0.25, 0.3) is 5.91 Å². The van der Waals surface area contributed by atoms with E-state index in [1.165, 1.54) is 31.6 Å². The van der Waals surface area contributed by atoms with Crippen LogP contribution in [0.15, 0.2) is 66.1 Å². The second-order valence-corrected chi connectivity index (χ2v) is 8.34. The SMILES string of the molecule is C=CCCOc1ccc(S(=O)(=O)N(Cc2cccc(OC)c2)C(C)C(=O)NO)cc1. The van der Waals surface area contributed by atoms with E-state index in [0.29, 0.717) is 30.1 Å². The minimum Gasteiger partial charge on any atom is -0.497 e. The predicted molar refractivity (Wildman–Crippen MR) is 112 cm³/mol. The molecule has 0 aromatic heterocycles. The molecule has 0 saturated carbocycles. The van der Waals surface area contributed by atoms with Gasteiger partial charge in [-0.1, -0.05) is 18.2 Å². The third-order valence-corrected chi connectivity index (χ3v) is 6.35. The number of benzene rings is 2. The van der Waals surface area contributed by atoms with Crippen LogP contribution in [0.2, 0.25) is 0 Å².